The van der Waals surface area contributed by atoms with Crippen LogP contribution in [0.5, 0.6) is 0 Å². The second-order valence-corrected chi connectivity index (χ2v) is 4.35. The third kappa shape index (κ3) is 1.59. The fraction of sp³-hybridized carbons (Fsp3) is 0. The van der Waals surface area contributed by atoms with E-state index in [9.17, 15) is 0 Å². The number of rotatable bonds is 1. The third-order valence-corrected chi connectivity index (χ3v) is 2.89. The molecule has 0 aliphatic heterocycles. The van der Waals surface area contributed by atoms with Crippen LogP contribution in [-0.2, 0) is 0 Å². The molecular weight excluding hydrogens is 268 g/mol. The number of tetrazole rings is 1. The summed E-state index contributed by atoms with van der Waals surface area (Å²) < 4.78 is 2.72. The van der Waals surface area contributed by atoms with E-state index in [0.29, 0.717) is 0 Å². The molecule has 1 heterocycles. The van der Waals surface area contributed by atoms with Crippen molar-refractivity contribution < 1.29 is 0 Å². The van der Waals surface area contributed by atoms with Gasteiger partial charge in [-0.05, 0) is 45.5 Å². The molecule has 5 heteroatoms. The fourth-order valence-corrected chi connectivity index (χ4v) is 2.00. The molecular formula is C11H7BrN4. The zero-order chi connectivity index (χ0) is 11.0. The Kier molecular flexibility index (Phi) is 2.18. The number of hydrogen-bond donors (Lipinski definition) is 0. The van der Waals surface area contributed by atoms with Gasteiger partial charge in [0.15, 0.2) is 0 Å². The molecule has 0 radical (unpaired) electrons. The lowest BCUT2D eigenvalue weighted by Gasteiger charge is -2.02. The predicted octanol–water partition coefficient (Wildman–Crippen LogP) is 2.58. The zero-order valence-corrected chi connectivity index (χ0v) is 9.79. The van der Waals surface area contributed by atoms with Gasteiger partial charge in [-0.3, -0.25) is 0 Å². The van der Waals surface area contributed by atoms with Crippen LogP contribution in [0.1, 0.15) is 0 Å². The van der Waals surface area contributed by atoms with Crippen LogP contribution in [0, 0.1) is 0 Å². The van der Waals surface area contributed by atoms with E-state index in [1.165, 1.54) is 5.39 Å². The maximum atomic E-state index is 3.86. The molecule has 0 amide bonds. The van der Waals surface area contributed by atoms with Crippen molar-refractivity contribution in [2.75, 3.05) is 0 Å². The van der Waals surface area contributed by atoms with Gasteiger partial charge in [0.2, 0.25) is 0 Å². The normalized spacial score (nSPS) is 10.8. The summed E-state index contributed by atoms with van der Waals surface area (Å²) >= 11 is 3.45. The second kappa shape index (κ2) is 3.68. The first-order valence-corrected chi connectivity index (χ1v) is 5.55. The highest BCUT2D eigenvalue weighted by Gasteiger charge is 2.00. The molecule has 0 aliphatic carbocycles. The van der Waals surface area contributed by atoms with Crippen molar-refractivity contribution in [3.05, 3.63) is 47.2 Å². The van der Waals surface area contributed by atoms with Crippen LogP contribution < -0.4 is 0 Å². The van der Waals surface area contributed by atoms with E-state index in [1.54, 1.807) is 11.0 Å². The molecule has 16 heavy (non-hydrogen) atoms. The van der Waals surface area contributed by atoms with Gasteiger partial charge in [0.25, 0.3) is 0 Å². The number of halogens is 1. The van der Waals surface area contributed by atoms with Crippen molar-refractivity contribution in [1.82, 2.24) is 20.2 Å². The summed E-state index contributed by atoms with van der Waals surface area (Å²) in [6.07, 6.45) is 1.58. The lowest BCUT2D eigenvalue weighted by atomic mass is 10.1. The molecule has 0 saturated carbocycles. The second-order valence-electron chi connectivity index (χ2n) is 3.43. The predicted molar refractivity (Wildman–Crippen MR) is 64.4 cm³/mol. The van der Waals surface area contributed by atoms with E-state index in [4.69, 9.17) is 0 Å². The minimum atomic E-state index is 0.958. The van der Waals surface area contributed by atoms with Gasteiger partial charge in [0.05, 0.1) is 5.69 Å². The van der Waals surface area contributed by atoms with Crippen molar-refractivity contribution >= 4 is 26.7 Å². The molecule has 0 bridgehead atoms. The Morgan fingerprint density at radius 2 is 1.81 bits per heavy atom. The van der Waals surface area contributed by atoms with Gasteiger partial charge in [-0.2, -0.15) is 0 Å². The maximum absolute atomic E-state index is 3.86. The van der Waals surface area contributed by atoms with Gasteiger partial charge in [-0.15, -0.1) is 5.10 Å². The Morgan fingerprint density at radius 3 is 2.62 bits per heavy atom. The summed E-state index contributed by atoms with van der Waals surface area (Å²) in [5.41, 5.74) is 0.958. The van der Waals surface area contributed by atoms with Crippen molar-refractivity contribution in [2.24, 2.45) is 0 Å². The highest BCUT2D eigenvalue weighted by molar-refractivity contribution is 9.10. The van der Waals surface area contributed by atoms with E-state index in [1.807, 2.05) is 12.1 Å². The number of fused-ring (bicyclic) bond motifs is 1. The third-order valence-electron chi connectivity index (χ3n) is 2.40. The van der Waals surface area contributed by atoms with Gasteiger partial charge in [0, 0.05) is 4.47 Å². The maximum Gasteiger partial charge on any atom is 0.143 e. The lowest BCUT2D eigenvalue weighted by molar-refractivity contribution is 0.790. The molecule has 4 nitrogen and oxygen atoms in total. The SMILES string of the molecule is Brc1ccc2cc(-n3cnnn3)ccc2c1. The summed E-state index contributed by atoms with van der Waals surface area (Å²) in [6, 6.07) is 12.3. The quantitative estimate of drug-likeness (QED) is 0.685. The van der Waals surface area contributed by atoms with Gasteiger partial charge in [-0.1, -0.05) is 28.1 Å². The Labute approximate surface area is 100 Å². The van der Waals surface area contributed by atoms with Gasteiger partial charge in [0.1, 0.15) is 6.33 Å². The Hall–Kier alpha value is -1.75. The molecule has 2 aromatic carbocycles. The number of aromatic nitrogens is 4. The molecule has 0 N–H and O–H groups in total. The van der Waals surface area contributed by atoms with Crippen LogP contribution >= 0.6 is 15.9 Å². The van der Waals surface area contributed by atoms with Crippen LogP contribution in [0.2, 0.25) is 0 Å². The molecule has 0 atom stereocenters. The van der Waals surface area contributed by atoms with E-state index in [0.717, 1.165) is 15.5 Å². The molecule has 0 fully saturated rings. The van der Waals surface area contributed by atoms with Crippen molar-refractivity contribution in [3.63, 3.8) is 0 Å². The zero-order valence-electron chi connectivity index (χ0n) is 8.21. The summed E-state index contributed by atoms with van der Waals surface area (Å²) in [5.74, 6) is 0. The molecule has 3 aromatic rings. The van der Waals surface area contributed by atoms with Gasteiger partial charge in [-0.25, -0.2) is 4.68 Å². The van der Waals surface area contributed by atoms with Crippen molar-refractivity contribution in [2.45, 2.75) is 0 Å². The fourth-order valence-electron chi connectivity index (χ4n) is 1.63. The summed E-state index contributed by atoms with van der Waals surface area (Å²) in [5, 5.41) is 13.4. The van der Waals surface area contributed by atoms with Crippen LogP contribution in [0.25, 0.3) is 16.5 Å². The van der Waals surface area contributed by atoms with E-state index in [-0.39, 0.29) is 0 Å². The first-order chi connectivity index (χ1) is 7.83. The monoisotopic (exact) mass is 274 g/mol. The Balaban J connectivity index is 2.20. The molecule has 3 rings (SSSR count). The van der Waals surface area contributed by atoms with Crippen LogP contribution in [0.15, 0.2) is 47.2 Å². The average molecular weight is 275 g/mol. The minimum absolute atomic E-state index is 0.958. The molecule has 0 saturated heterocycles. The van der Waals surface area contributed by atoms with Crippen LogP contribution in [0.4, 0.5) is 0 Å². The lowest BCUT2D eigenvalue weighted by Crippen LogP contribution is -1.94. The molecule has 1 aromatic heterocycles. The molecule has 0 aliphatic rings. The summed E-state index contributed by atoms with van der Waals surface area (Å²) in [4.78, 5) is 0. The van der Waals surface area contributed by atoms with E-state index >= 15 is 0 Å². The van der Waals surface area contributed by atoms with Crippen LogP contribution in [-0.4, -0.2) is 20.2 Å². The standard InChI is InChI=1S/C11H7BrN4/c12-10-3-1-9-6-11(4-2-8(9)5-10)16-7-13-14-15-16/h1-7H. The summed E-state index contributed by atoms with van der Waals surface area (Å²) in [7, 11) is 0. The van der Waals surface area contributed by atoms with E-state index < -0.39 is 0 Å². The number of hydrogen-bond acceptors (Lipinski definition) is 3. The Bertz CT molecular complexity index is 634. The van der Waals surface area contributed by atoms with Gasteiger partial charge >= 0.3 is 0 Å². The largest absolute Gasteiger partial charge is 0.201 e. The molecule has 0 unspecified atom stereocenters. The topological polar surface area (TPSA) is 43.6 Å². The van der Waals surface area contributed by atoms with Crippen molar-refractivity contribution in [1.29, 1.82) is 0 Å². The smallest absolute Gasteiger partial charge is 0.143 e. The van der Waals surface area contributed by atoms with Gasteiger partial charge < -0.3 is 0 Å². The van der Waals surface area contributed by atoms with Crippen molar-refractivity contribution in [3.8, 4) is 5.69 Å². The average Bonchev–Trinajstić information content (AvgIpc) is 2.82. The Morgan fingerprint density at radius 1 is 1.00 bits per heavy atom. The summed E-state index contributed by atoms with van der Waals surface area (Å²) in [6.45, 7) is 0. The number of benzene rings is 2. The molecule has 78 valence electrons. The highest BCUT2D eigenvalue weighted by atomic mass is 79.9. The number of nitrogens with zero attached hydrogens (tertiary/aromatic N) is 4. The first kappa shape index (κ1) is 9.47. The van der Waals surface area contributed by atoms with E-state index in [2.05, 4.69) is 55.7 Å². The molecule has 0 spiro atoms. The first-order valence-electron chi connectivity index (χ1n) is 4.76. The minimum Gasteiger partial charge on any atom is -0.201 e. The highest BCUT2D eigenvalue weighted by Crippen LogP contribution is 2.21. The van der Waals surface area contributed by atoms with Crippen LogP contribution in [0.3, 0.4) is 0 Å².